The zero-order valence-corrected chi connectivity index (χ0v) is 11.9. The van der Waals surface area contributed by atoms with Gasteiger partial charge in [0.25, 0.3) is 5.91 Å². The Bertz CT molecular complexity index is 534. The summed E-state index contributed by atoms with van der Waals surface area (Å²) in [4.78, 5) is 37.2. The van der Waals surface area contributed by atoms with Crippen molar-refractivity contribution in [1.29, 1.82) is 0 Å². The highest BCUT2D eigenvalue weighted by Gasteiger charge is 2.31. The summed E-state index contributed by atoms with van der Waals surface area (Å²) in [5, 5.41) is 11.2. The average Bonchev–Trinajstić information content (AvgIpc) is 2.76. The van der Waals surface area contributed by atoms with Gasteiger partial charge in [-0.2, -0.15) is 0 Å². The molecule has 1 aliphatic heterocycles. The molecule has 0 spiro atoms. The molecule has 1 fully saturated rings. The van der Waals surface area contributed by atoms with E-state index >= 15 is 0 Å². The topological polar surface area (TPSA) is 86.7 Å². The van der Waals surface area contributed by atoms with Gasteiger partial charge < -0.3 is 15.3 Å². The number of hydrogen-bond acceptors (Lipinski definition) is 4. The minimum atomic E-state index is -0.844. The monoisotopic (exact) mass is 296 g/mol. The molecule has 2 rings (SSSR count). The molecule has 0 radical (unpaired) electrons. The summed E-state index contributed by atoms with van der Waals surface area (Å²) in [6.45, 7) is 2.78. The first kappa shape index (κ1) is 14.5. The summed E-state index contributed by atoms with van der Waals surface area (Å²) >= 11 is 1.38. The largest absolute Gasteiger partial charge is 0.481 e. The highest BCUT2D eigenvalue weighted by molar-refractivity contribution is 7.13. The smallest absolute Gasteiger partial charge is 0.303 e. The molecule has 0 unspecified atom stereocenters. The van der Waals surface area contributed by atoms with E-state index in [-0.39, 0.29) is 30.7 Å². The zero-order valence-electron chi connectivity index (χ0n) is 11.1. The lowest BCUT2D eigenvalue weighted by molar-refractivity contribution is -0.144. The van der Waals surface area contributed by atoms with Crippen molar-refractivity contribution in [3.05, 3.63) is 21.9 Å². The number of hydrogen-bond donors (Lipinski definition) is 2. The Labute approximate surface area is 120 Å². The Balaban J connectivity index is 1.71. The zero-order chi connectivity index (χ0) is 14.7. The van der Waals surface area contributed by atoms with E-state index in [0.29, 0.717) is 18.0 Å². The van der Waals surface area contributed by atoms with Gasteiger partial charge >= 0.3 is 5.97 Å². The predicted molar refractivity (Wildman–Crippen MR) is 73.7 cm³/mol. The Morgan fingerprint density at radius 2 is 2.10 bits per heavy atom. The molecule has 0 aliphatic carbocycles. The fourth-order valence-electron chi connectivity index (χ4n) is 2.06. The third-order valence-electron chi connectivity index (χ3n) is 3.14. The number of aliphatic carboxylic acids is 1. The van der Waals surface area contributed by atoms with Crippen LogP contribution in [0, 0.1) is 12.8 Å². The van der Waals surface area contributed by atoms with Crippen molar-refractivity contribution in [2.75, 3.05) is 19.6 Å². The normalized spacial score (nSPS) is 14.8. The van der Waals surface area contributed by atoms with E-state index in [1.807, 2.05) is 13.0 Å². The van der Waals surface area contributed by atoms with Crippen molar-refractivity contribution in [3.63, 3.8) is 0 Å². The lowest BCUT2D eigenvalue weighted by Crippen LogP contribution is -2.53. The van der Waals surface area contributed by atoms with Crippen LogP contribution in [0.25, 0.3) is 0 Å². The van der Waals surface area contributed by atoms with Gasteiger partial charge in [0.15, 0.2) is 0 Å². The summed E-state index contributed by atoms with van der Waals surface area (Å²) in [6, 6.07) is 3.58. The van der Waals surface area contributed by atoms with Crippen molar-refractivity contribution >= 4 is 29.1 Å². The van der Waals surface area contributed by atoms with E-state index in [9.17, 15) is 14.4 Å². The Kier molecular flexibility index (Phi) is 4.39. The maximum absolute atomic E-state index is 11.8. The first-order valence-electron chi connectivity index (χ1n) is 6.30. The molecule has 0 atom stereocenters. The second-order valence-corrected chi connectivity index (χ2v) is 6.14. The van der Waals surface area contributed by atoms with Crippen LogP contribution in [0.4, 0.5) is 0 Å². The molecule has 2 heterocycles. The van der Waals surface area contributed by atoms with Crippen LogP contribution >= 0.6 is 11.3 Å². The summed E-state index contributed by atoms with van der Waals surface area (Å²) in [7, 11) is 0. The molecule has 7 heteroatoms. The van der Waals surface area contributed by atoms with Gasteiger partial charge in [-0.1, -0.05) is 0 Å². The van der Waals surface area contributed by atoms with Gasteiger partial charge in [0.05, 0.1) is 17.8 Å². The van der Waals surface area contributed by atoms with E-state index in [2.05, 4.69) is 5.32 Å². The Morgan fingerprint density at radius 3 is 2.65 bits per heavy atom. The highest BCUT2D eigenvalue weighted by atomic mass is 32.1. The molecule has 6 nitrogen and oxygen atoms in total. The summed E-state index contributed by atoms with van der Waals surface area (Å²) in [6.07, 6.45) is 0.0879. The van der Waals surface area contributed by atoms with Crippen molar-refractivity contribution in [1.82, 2.24) is 10.2 Å². The van der Waals surface area contributed by atoms with Crippen LogP contribution in [-0.2, 0) is 9.59 Å². The Morgan fingerprint density at radius 1 is 1.40 bits per heavy atom. The van der Waals surface area contributed by atoms with Gasteiger partial charge in [0, 0.05) is 23.9 Å². The molecule has 0 aromatic carbocycles. The lowest BCUT2D eigenvalue weighted by Gasteiger charge is -2.38. The van der Waals surface area contributed by atoms with E-state index in [1.165, 1.54) is 11.3 Å². The quantitative estimate of drug-likeness (QED) is 0.838. The molecule has 0 bridgehead atoms. The number of carboxylic acids is 1. The molecular formula is C13H16N2O4S. The van der Waals surface area contributed by atoms with Crippen LogP contribution in [0.2, 0.25) is 0 Å². The third kappa shape index (κ3) is 3.57. The van der Waals surface area contributed by atoms with E-state index in [4.69, 9.17) is 5.11 Å². The lowest BCUT2D eigenvalue weighted by atomic mass is 9.96. The summed E-state index contributed by atoms with van der Waals surface area (Å²) < 4.78 is 0. The number of aryl methyl sites for hydroxylation is 1. The number of nitrogens with zero attached hydrogens (tertiary/aromatic N) is 1. The number of carbonyl (C=O) groups is 3. The molecule has 1 aliphatic rings. The molecule has 1 aromatic heterocycles. The van der Waals surface area contributed by atoms with Crippen LogP contribution in [0.15, 0.2) is 12.1 Å². The van der Waals surface area contributed by atoms with Gasteiger partial charge in [-0.15, -0.1) is 11.3 Å². The third-order valence-corrected chi connectivity index (χ3v) is 4.14. The maximum atomic E-state index is 11.8. The molecule has 2 amide bonds. The summed E-state index contributed by atoms with van der Waals surface area (Å²) in [5.41, 5.74) is 0. The number of nitrogens with one attached hydrogen (secondary N) is 1. The molecule has 0 saturated carbocycles. The van der Waals surface area contributed by atoms with Crippen molar-refractivity contribution in [3.8, 4) is 0 Å². The van der Waals surface area contributed by atoms with E-state index in [0.717, 1.165) is 4.88 Å². The Hall–Kier alpha value is -1.89. The number of amides is 2. The van der Waals surface area contributed by atoms with Gasteiger partial charge in [-0.3, -0.25) is 14.4 Å². The molecular weight excluding hydrogens is 280 g/mol. The van der Waals surface area contributed by atoms with Crippen molar-refractivity contribution in [2.24, 2.45) is 5.92 Å². The van der Waals surface area contributed by atoms with Gasteiger partial charge in [-0.05, 0) is 19.1 Å². The second-order valence-electron chi connectivity index (χ2n) is 4.86. The fourth-order valence-corrected chi connectivity index (χ4v) is 2.84. The van der Waals surface area contributed by atoms with Gasteiger partial charge in [0.2, 0.25) is 5.91 Å². The fraction of sp³-hybridized carbons (Fsp3) is 0.462. The van der Waals surface area contributed by atoms with Crippen LogP contribution in [0.1, 0.15) is 21.0 Å². The van der Waals surface area contributed by atoms with Gasteiger partial charge in [-0.25, -0.2) is 0 Å². The van der Waals surface area contributed by atoms with Crippen LogP contribution in [0.5, 0.6) is 0 Å². The molecule has 20 heavy (non-hydrogen) atoms. The number of rotatable bonds is 5. The molecule has 1 saturated heterocycles. The van der Waals surface area contributed by atoms with E-state index in [1.54, 1.807) is 11.0 Å². The average molecular weight is 296 g/mol. The number of thiophene rings is 1. The van der Waals surface area contributed by atoms with Crippen molar-refractivity contribution < 1.29 is 19.5 Å². The van der Waals surface area contributed by atoms with Crippen LogP contribution in [-0.4, -0.2) is 47.4 Å². The van der Waals surface area contributed by atoms with Crippen LogP contribution in [0.3, 0.4) is 0 Å². The van der Waals surface area contributed by atoms with Crippen LogP contribution < -0.4 is 5.32 Å². The standard InChI is InChI=1S/C13H16N2O4S/c1-8-2-3-10(20-8)13(19)14-5-11(16)15-6-9(7-15)4-12(17)18/h2-3,9H,4-7H2,1H3,(H,14,19)(H,17,18). The van der Waals surface area contributed by atoms with Crippen molar-refractivity contribution in [2.45, 2.75) is 13.3 Å². The molecule has 2 N–H and O–H groups in total. The predicted octanol–water partition coefficient (Wildman–Crippen LogP) is 0.719. The SMILES string of the molecule is Cc1ccc(C(=O)NCC(=O)N2CC(CC(=O)O)C2)s1. The second kappa shape index (κ2) is 6.04. The molecule has 108 valence electrons. The minimum absolute atomic E-state index is 0.0343. The first-order chi connectivity index (χ1) is 9.45. The number of carbonyl (C=O) groups excluding carboxylic acids is 2. The number of carboxylic acid groups (broad SMARTS) is 1. The highest BCUT2D eigenvalue weighted by Crippen LogP contribution is 2.19. The number of likely N-dealkylation sites (tertiary alicyclic amines) is 1. The maximum Gasteiger partial charge on any atom is 0.303 e. The minimum Gasteiger partial charge on any atom is -0.481 e. The van der Waals surface area contributed by atoms with Gasteiger partial charge in [0.1, 0.15) is 0 Å². The molecule has 1 aromatic rings. The van der Waals surface area contributed by atoms with E-state index < -0.39 is 5.97 Å². The first-order valence-corrected chi connectivity index (χ1v) is 7.11. The summed E-state index contributed by atoms with van der Waals surface area (Å²) in [5.74, 6) is -1.23.